The highest BCUT2D eigenvalue weighted by molar-refractivity contribution is 5.92. The summed E-state index contributed by atoms with van der Waals surface area (Å²) >= 11 is 0. The lowest BCUT2D eigenvalue weighted by Crippen LogP contribution is -2.29. The summed E-state index contributed by atoms with van der Waals surface area (Å²) < 4.78 is 5.81. The number of hydrogen-bond donors (Lipinski definition) is 1. The van der Waals surface area contributed by atoms with Crippen LogP contribution in [0.25, 0.3) is 0 Å². The Morgan fingerprint density at radius 1 is 1.07 bits per heavy atom. The van der Waals surface area contributed by atoms with Gasteiger partial charge >= 0.3 is 0 Å². The first-order valence-corrected chi connectivity index (χ1v) is 9.96. The number of amides is 1. The molecular formula is C23H30N2O2. The third-order valence-corrected chi connectivity index (χ3v) is 4.75. The van der Waals surface area contributed by atoms with Crippen molar-refractivity contribution in [1.82, 2.24) is 4.90 Å². The highest BCUT2D eigenvalue weighted by atomic mass is 16.5. The van der Waals surface area contributed by atoms with E-state index in [1.807, 2.05) is 50.2 Å². The van der Waals surface area contributed by atoms with Crippen molar-refractivity contribution in [2.45, 2.75) is 52.2 Å². The van der Waals surface area contributed by atoms with Crippen LogP contribution in [0.3, 0.4) is 0 Å². The number of nitrogens with one attached hydrogen (secondary N) is 1. The minimum Gasteiger partial charge on any atom is -0.491 e. The van der Waals surface area contributed by atoms with Crippen LogP contribution in [0, 0.1) is 0 Å². The molecule has 1 aliphatic heterocycles. The van der Waals surface area contributed by atoms with E-state index in [1.165, 1.54) is 37.9 Å². The number of anilines is 1. The normalized spacial score (nSPS) is 14.9. The number of para-hydroxylation sites is 1. The molecular weight excluding hydrogens is 336 g/mol. The van der Waals surface area contributed by atoms with E-state index in [4.69, 9.17) is 4.74 Å². The van der Waals surface area contributed by atoms with Crippen molar-refractivity contribution >= 4 is 11.6 Å². The second-order valence-corrected chi connectivity index (χ2v) is 7.54. The summed E-state index contributed by atoms with van der Waals surface area (Å²) in [7, 11) is 0. The molecule has 1 fully saturated rings. The van der Waals surface area contributed by atoms with E-state index >= 15 is 0 Å². The summed E-state index contributed by atoms with van der Waals surface area (Å²) in [6, 6.07) is 15.9. The average molecular weight is 367 g/mol. The predicted octanol–water partition coefficient (Wildman–Crippen LogP) is 4.64. The number of likely N-dealkylation sites (tertiary alicyclic amines) is 1. The van der Waals surface area contributed by atoms with E-state index in [0.717, 1.165) is 23.5 Å². The maximum Gasteiger partial charge on any atom is 0.228 e. The average Bonchev–Trinajstić information content (AvgIpc) is 2.64. The predicted molar refractivity (Wildman–Crippen MR) is 110 cm³/mol. The number of rotatable bonds is 7. The molecule has 4 heteroatoms. The van der Waals surface area contributed by atoms with Gasteiger partial charge in [-0.15, -0.1) is 0 Å². The number of piperidine rings is 1. The van der Waals surface area contributed by atoms with Gasteiger partial charge in [0.15, 0.2) is 0 Å². The van der Waals surface area contributed by atoms with Crippen LogP contribution in [0.5, 0.6) is 5.75 Å². The van der Waals surface area contributed by atoms with E-state index in [9.17, 15) is 4.79 Å². The molecule has 3 rings (SSSR count). The van der Waals surface area contributed by atoms with Crippen LogP contribution in [0.2, 0.25) is 0 Å². The van der Waals surface area contributed by atoms with E-state index in [0.29, 0.717) is 6.42 Å². The van der Waals surface area contributed by atoms with Crippen molar-refractivity contribution in [2.24, 2.45) is 0 Å². The van der Waals surface area contributed by atoms with Crippen molar-refractivity contribution in [3.63, 3.8) is 0 Å². The molecule has 0 aromatic heterocycles. The lowest BCUT2D eigenvalue weighted by atomic mass is 10.1. The van der Waals surface area contributed by atoms with Gasteiger partial charge in [0.05, 0.1) is 12.5 Å². The summed E-state index contributed by atoms with van der Waals surface area (Å²) in [5, 5.41) is 3.04. The fourth-order valence-electron chi connectivity index (χ4n) is 3.52. The number of carbonyl (C=O) groups excluding carboxylic acids is 1. The Kier molecular flexibility index (Phi) is 6.88. The van der Waals surface area contributed by atoms with Crippen LogP contribution in [-0.2, 0) is 17.8 Å². The molecule has 1 saturated heterocycles. The summed E-state index contributed by atoms with van der Waals surface area (Å²) in [6.45, 7) is 7.27. The second kappa shape index (κ2) is 9.56. The largest absolute Gasteiger partial charge is 0.491 e. The van der Waals surface area contributed by atoms with Crippen molar-refractivity contribution < 1.29 is 9.53 Å². The Balaban J connectivity index is 1.60. The smallest absolute Gasteiger partial charge is 0.228 e. The van der Waals surface area contributed by atoms with Gasteiger partial charge in [-0.25, -0.2) is 0 Å². The van der Waals surface area contributed by atoms with Crippen LogP contribution < -0.4 is 10.1 Å². The molecule has 0 spiro atoms. The Labute approximate surface area is 162 Å². The fourth-order valence-corrected chi connectivity index (χ4v) is 3.52. The molecule has 0 bridgehead atoms. The van der Waals surface area contributed by atoms with Crippen LogP contribution in [-0.4, -0.2) is 30.0 Å². The summed E-state index contributed by atoms with van der Waals surface area (Å²) in [4.78, 5) is 15.0. The van der Waals surface area contributed by atoms with Crippen LogP contribution in [0.4, 0.5) is 5.69 Å². The van der Waals surface area contributed by atoms with Gasteiger partial charge in [0.1, 0.15) is 5.75 Å². The molecule has 2 aromatic rings. The molecule has 1 amide bonds. The van der Waals surface area contributed by atoms with Crippen LogP contribution in [0.15, 0.2) is 48.5 Å². The van der Waals surface area contributed by atoms with Gasteiger partial charge in [-0.3, -0.25) is 9.69 Å². The van der Waals surface area contributed by atoms with E-state index in [-0.39, 0.29) is 12.0 Å². The highest BCUT2D eigenvalue weighted by Crippen LogP contribution is 2.21. The quantitative estimate of drug-likeness (QED) is 0.776. The minimum atomic E-state index is -0.0232. The van der Waals surface area contributed by atoms with Crippen LogP contribution in [0.1, 0.15) is 44.2 Å². The van der Waals surface area contributed by atoms with Gasteiger partial charge in [0.2, 0.25) is 5.91 Å². The molecule has 0 aliphatic carbocycles. The standard InChI is InChI=1S/C23H30N2O2/c1-18(2)27-22-12-5-4-10-20(22)16-23(26)24-21-11-8-9-19(15-21)17-25-13-6-3-7-14-25/h4-5,8-12,15,18H,3,6-7,13-14,16-17H2,1-2H3,(H,24,26). The van der Waals surface area contributed by atoms with E-state index in [2.05, 4.69) is 22.3 Å². The molecule has 1 aliphatic rings. The second-order valence-electron chi connectivity index (χ2n) is 7.54. The lowest BCUT2D eigenvalue weighted by molar-refractivity contribution is -0.115. The first kappa shape index (κ1) is 19.4. The number of ether oxygens (including phenoxy) is 1. The summed E-state index contributed by atoms with van der Waals surface area (Å²) in [5.74, 6) is 0.756. The Morgan fingerprint density at radius 2 is 1.85 bits per heavy atom. The van der Waals surface area contributed by atoms with Crippen molar-refractivity contribution in [3.05, 3.63) is 59.7 Å². The Morgan fingerprint density at radius 3 is 2.63 bits per heavy atom. The molecule has 1 N–H and O–H groups in total. The van der Waals surface area contributed by atoms with Gasteiger partial charge in [-0.05, 0) is 63.5 Å². The molecule has 0 radical (unpaired) electrons. The zero-order chi connectivity index (χ0) is 19.1. The molecule has 0 unspecified atom stereocenters. The van der Waals surface area contributed by atoms with Crippen LogP contribution >= 0.6 is 0 Å². The van der Waals surface area contributed by atoms with E-state index < -0.39 is 0 Å². The van der Waals surface area contributed by atoms with Crippen molar-refractivity contribution in [2.75, 3.05) is 18.4 Å². The minimum absolute atomic E-state index is 0.0232. The van der Waals surface area contributed by atoms with Crippen molar-refractivity contribution in [1.29, 1.82) is 0 Å². The molecule has 0 atom stereocenters. The summed E-state index contributed by atoms with van der Waals surface area (Å²) in [6.07, 6.45) is 4.30. The molecule has 27 heavy (non-hydrogen) atoms. The van der Waals surface area contributed by atoms with Gasteiger partial charge < -0.3 is 10.1 Å². The molecule has 144 valence electrons. The first-order chi connectivity index (χ1) is 13.1. The zero-order valence-electron chi connectivity index (χ0n) is 16.4. The molecule has 2 aromatic carbocycles. The molecule has 4 nitrogen and oxygen atoms in total. The maximum atomic E-state index is 12.5. The van der Waals surface area contributed by atoms with Crippen molar-refractivity contribution in [3.8, 4) is 5.75 Å². The SMILES string of the molecule is CC(C)Oc1ccccc1CC(=O)Nc1cccc(CN2CCCCC2)c1. The molecule has 1 heterocycles. The first-order valence-electron chi connectivity index (χ1n) is 9.96. The number of hydrogen-bond acceptors (Lipinski definition) is 3. The molecule has 0 saturated carbocycles. The monoisotopic (exact) mass is 366 g/mol. The lowest BCUT2D eigenvalue weighted by Gasteiger charge is -2.26. The third-order valence-electron chi connectivity index (χ3n) is 4.75. The summed E-state index contributed by atoms with van der Waals surface area (Å²) in [5.41, 5.74) is 3.02. The highest BCUT2D eigenvalue weighted by Gasteiger charge is 2.12. The van der Waals surface area contributed by atoms with Gasteiger partial charge in [-0.2, -0.15) is 0 Å². The fraction of sp³-hybridized carbons (Fsp3) is 0.435. The number of benzene rings is 2. The van der Waals surface area contributed by atoms with Gasteiger partial charge in [-0.1, -0.05) is 36.8 Å². The Bertz CT molecular complexity index is 752. The zero-order valence-corrected chi connectivity index (χ0v) is 16.4. The van der Waals surface area contributed by atoms with Gasteiger partial charge in [0.25, 0.3) is 0 Å². The topological polar surface area (TPSA) is 41.6 Å². The number of nitrogens with zero attached hydrogens (tertiary/aromatic N) is 1. The van der Waals surface area contributed by atoms with Gasteiger partial charge in [0, 0.05) is 17.8 Å². The maximum absolute atomic E-state index is 12.5. The number of carbonyl (C=O) groups is 1. The Hall–Kier alpha value is -2.33. The third kappa shape index (κ3) is 6.10. The van der Waals surface area contributed by atoms with E-state index in [1.54, 1.807) is 0 Å².